The number of rotatable bonds is 1. The molecule has 1 N–H and O–H groups in total. The van der Waals surface area contributed by atoms with Gasteiger partial charge in [-0.15, -0.1) is 0 Å². The quantitative estimate of drug-likeness (QED) is 0.588. The van der Waals surface area contributed by atoms with Crippen LogP contribution in [0.1, 0.15) is 75.7 Å². The largest absolute Gasteiger partial charge is 0.426 e. The molecule has 0 bridgehead atoms. The average Bonchev–Trinajstić information content (AvgIpc) is 2.91. The molecule has 4 unspecified atom stereocenters. The van der Waals surface area contributed by atoms with Crippen LogP contribution < -0.4 is 4.74 Å². The van der Waals surface area contributed by atoms with E-state index in [0.29, 0.717) is 36.1 Å². The number of carbonyl (C=O) groups is 3. The summed E-state index contributed by atoms with van der Waals surface area (Å²) in [7, 11) is 0. The van der Waals surface area contributed by atoms with E-state index in [2.05, 4.69) is 0 Å². The van der Waals surface area contributed by atoms with Crippen LogP contribution in [-0.4, -0.2) is 22.6 Å². The fourth-order valence-corrected chi connectivity index (χ4v) is 5.45. The van der Waals surface area contributed by atoms with Crippen LogP contribution in [0.5, 0.6) is 5.75 Å². The first-order chi connectivity index (χ1) is 13.0. The predicted octanol–water partition coefficient (Wildman–Crippen LogP) is 3.81. The zero-order chi connectivity index (χ0) is 20.5. The Kier molecular flexibility index (Phi) is 4.13. The Morgan fingerprint density at radius 3 is 2.57 bits per heavy atom. The number of hydrogen-bond acceptors (Lipinski definition) is 5. The van der Waals surface area contributed by atoms with Crippen LogP contribution in [0, 0.1) is 22.7 Å². The Hall–Kier alpha value is -2.01. The molecule has 4 atom stereocenters. The van der Waals surface area contributed by atoms with E-state index in [1.54, 1.807) is 39.0 Å². The molecule has 0 saturated heterocycles. The van der Waals surface area contributed by atoms with Gasteiger partial charge >= 0.3 is 5.97 Å². The van der Waals surface area contributed by atoms with Crippen LogP contribution in [0.15, 0.2) is 18.2 Å². The summed E-state index contributed by atoms with van der Waals surface area (Å²) in [4.78, 5) is 37.6. The Balaban J connectivity index is 1.70. The first kappa shape index (κ1) is 19.3. The van der Waals surface area contributed by atoms with Crippen molar-refractivity contribution in [1.29, 1.82) is 0 Å². The van der Waals surface area contributed by atoms with Gasteiger partial charge in [0.15, 0.2) is 5.78 Å². The Morgan fingerprint density at radius 2 is 1.89 bits per heavy atom. The number of ether oxygens (including phenoxy) is 1. The maximum Gasteiger partial charge on any atom is 0.316 e. The molecule has 3 aliphatic rings. The summed E-state index contributed by atoms with van der Waals surface area (Å²) >= 11 is 0. The third kappa shape index (κ3) is 2.66. The summed E-state index contributed by atoms with van der Waals surface area (Å²) in [5.41, 5.74) is -1.12. The van der Waals surface area contributed by atoms with Crippen molar-refractivity contribution in [3.8, 4) is 5.75 Å². The maximum atomic E-state index is 13.0. The fraction of sp³-hybridized carbons (Fsp3) is 0.609. The summed E-state index contributed by atoms with van der Waals surface area (Å²) < 4.78 is 5.44. The van der Waals surface area contributed by atoms with Crippen molar-refractivity contribution in [3.05, 3.63) is 29.3 Å². The molecule has 2 fully saturated rings. The van der Waals surface area contributed by atoms with Gasteiger partial charge in [0.25, 0.3) is 0 Å². The summed E-state index contributed by atoms with van der Waals surface area (Å²) in [6, 6.07) is 4.97. The molecule has 0 radical (unpaired) electrons. The van der Waals surface area contributed by atoms with Crippen LogP contribution >= 0.6 is 0 Å². The molecule has 0 aromatic heterocycles. The highest BCUT2D eigenvalue weighted by molar-refractivity contribution is 6.00. The Morgan fingerprint density at radius 1 is 1.18 bits per heavy atom. The SMILES string of the molecule is CC(C)(C)C(=O)Oc1ccc2c(c1)C(=O)CC1C3CCC(=O)C3(C)CCC21O. The minimum atomic E-state index is -1.11. The standard InChI is InChI=1S/C23H28O5/c1-21(2,3)20(26)28-13-5-6-15-14(11-13)18(24)12-17-16-7-8-19(25)22(16,4)9-10-23(15,17)27/h5-6,11,16-17,27H,7-10,12H2,1-4H3. The number of Topliss-reactive ketones (excluding diaryl/α,β-unsaturated/α-hetero) is 2. The topological polar surface area (TPSA) is 80.7 Å². The van der Waals surface area contributed by atoms with Crippen molar-refractivity contribution in [3.63, 3.8) is 0 Å². The predicted molar refractivity (Wildman–Crippen MR) is 103 cm³/mol. The first-order valence-corrected chi connectivity index (χ1v) is 10.1. The van der Waals surface area contributed by atoms with Crippen molar-refractivity contribution in [1.82, 2.24) is 0 Å². The molecule has 0 heterocycles. The normalized spacial score (nSPS) is 34.5. The van der Waals surface area contributed by atoms with E-state index in [9.17, 15) is 19.5 Å². The Labute approximate surface area is 165 Å². The second kappa shape index (κ2) is 5.99. The molecule has 2 saturated carbocycles. The second-order valence-electron chi connectivity index (χ2n) is 9.99. The summed E-state index contributed by atoms with van der Waals surface area (Å²) in [5.74, 6) is -0.0324. The molecule has 0 aliphatic heterocycles. The monoisotopic (exact) mass is 384 g/mol. The van der Waals surface area contributed by atoms with Crippen molar-refractivity contribution in [2.75, 3.05) is 0 Å². The highest BCUT2D eigenvalue weighted by Crippen LogP contribution is 2.61. The lowest BCUT2D eigenvalue weighted by atomic mass is 9.53. The van der Waals surface area contributed by atoms with E-state index in [4.69, 9.17) is 4.74 Å². The van der Waals surface area contributed by atoms with Crippen LogP contribution in [-0.2, 0) is 15.2 Å². The van der Waals surface area contributed by atoms with Crippen LogP contribution in [0.3, 0.4) is 0 Å². The maximum absolute atomic E-state index is 13.0. The van der Waals surface area contributed by atoms with Gasteiger partial charge in [-0.1, -0.05) is 13.0 Å². The summed E-state index contributed by atoms with van der Waals surface area (Å²) in [6.07, 6.45) is 2.62. The van der Waals surface area contributed by atoms with E-state index in [1.807, 2.05) is 6.92 Å². The molecule has 5 nitrogen and oxygen atoms in total. The average molecular weight is 384 g/mol. The lowest BCUT2D eigenvalue weighted by Crippen LogP contribution is -2.53. The smallest absolute Gasteiger partial charge is 0.316 e. The van der Waals surface area contributed by atoms with Gasteiger partial charge in [0.1, 0.15) is 11.5 Å². The van der Waals surface area contributed by atoms with E-state index in [-0.39, 0.29) is 35.8 Å². The zero-order valence-electron chi connectivity index (χ0n) is 17.0. The number of ketones is 2. The van der Waals surface area contributed by atoms with Gasteiger partial charge in [-0.3, -0.25) is 14.4 Å². The lowest BCUT2D eigenvalue weighted by Gasteiger charge is -2.52. The molecule has 28 heavy (non-hydrogen) atoms. The van der Waals surface area contributed by atoms with Gasteiger partial charge in [-0.25, -0.2) is 0 Å². The molecule has 5 heteroatoms. The second-order valence-corrected chi connectivity index (χ2v) is 9.99. The molecule has 1 aromatic rings. The minimum absolute atomic E-state index is 0.0363. The fourth-order valence-electron chi connectivity index (χ4n) is 5.45. The first-order valence-electron chi connectivity index (χ1n) is 10.1. The van der Waals surface area contributed by atoms with E-state index < -0.39 is 16.4 Å². The van der Waals surface area contributed by atoms with Gasteiger partial charge in [0, 0.05) is 29.7 Å². The van der Waals surface area contributed by atoms with Gasteiger partial charge in [0.2, 0.25) is 0 Å². The van der Waals surface area contributed by atoms with Gasteiger partial charge in [-0.2, -0.15) is 0 Å². The van der Waals surface area contributed by atoms with Gasteiger partial charge in [-0.05, 0) is 63.6 Å². The highest BCUT2D eigenvalue weighted by atomic mass is 16.5. The Bertz CT molecular complexity index is 879. The molecule has 150 valence electrons. The third-order valence-electron chi connectivity index (χ3n) is 7.25. The van der Waals surface area contributed by atoms with E-state index >= 15 is 0 Å². The highest BCUT2D eigenvalue weighted by Gasteiger charge is 2.61. The molecule has 0 amide bonds. The number of carbonyl (C=O) groups excluding carboxylic acids is 3. The number of fused-ring (bicyclic) bond motifs is 5. The number of hydrogen-bond donors (Lipinski definition) is 1. The molecule has 0 spiro atoms. The molecular weight excluding hydrogens is 356 g/mol. The van der Waals surface area contributed by atoms with Crippen LogP contribution in [0.2, 0.25) is 0 Å². The van der Waals surface area contributed by atoms with Crippen molar-refractivity contribution in [2.45, 2.75) is 65.4 Å². The molecule has 4 rings (SSSR count). The van der Waals surface area contributed by atoms with E-state index in [1.165, 1.54) is 0 Å². The summed E-state index contributed by atoms with van der Waals surface area (Å²) in [5, 5.41) is 11.6. The number of aliphatic hydroxyl groups is 1. The van der Waals surface area contributed by atoms with E-state index in [0.717, 1.165) is 6.42 Å². The van der Waals surface area contributed by atoms with Crippen LogP contribution in [0.4, 0.5) is 0 Å². The third-order valence-corrected chi connectivity index (χ3v) is 7.25. The van der Waals surface area contributed by atoms with Gasteiger partial charge in [0.05, 0.1) is 11.0 Å². The molecule has 1 aromatic carbocycles. The zero-order valence-corrected chi connectivity index (χ0v) is 17.0. The number of benzene rings is 1. The van der Waals surface area contributed by atoms with Crippen molar-refractivity contribution >= 4 is 17.5 Å². The van der Waals surface area contributed by atoms with Crippen LogP contribution in [0.25, 0.3) is 0 Å². The lowest BCUT2D eigenvalue weighted by molar-refractivity contribution is -0.144. The minimum Gasteiger partial charge on any atom is -0.426 e. The molecular formula is C23H28O5. The van der Waals surface area contributed by atoms with Crippen molar-refractivity contribution < 1.29 is 24.2 Å². The van der Waals surface area contributed by atoms with Gasteiger partial charge < -0.3 is 9.84 Å². The molecule has 3 aliphatic carbocycles. The summed E-state index contributed by atoms with van der Waals surface area (Å²) in [6.45, 7) is 7.32. The van der Waals surface area contributed by atoms with Crippen molar-refractivity contribution in [2.24, 2.45) is 22.7 Å². The number of esters is 1.